The van der Waals surface area contributed by atoms with Crippen molar-refractivity contribution >= 4 is 21.8 Å². The van der Waals surface area contributed by atoms with Crippen molar-refractivity contribution in [3.05, 3.63) is 101 Å². The molecule has 1 heterocycles. The van der Waals surface area contributed by atoms with Gasteiger partial charge in [-0.3, -0.25) is 9.63 Å². The number of rotatable bonds is 11. The Morgan fingerprint density at radius 1 is 1.12 bits per heavy atom. The summed E-state index contributed by atoms with van der Waals surface area (Å²) < 4.78 is 25.3. The molecule has 3 N–H and O–H groups in total. The van der Waals surface area contributed by atoms with Crippen LogP contribution >= 0.6 is 0 Å². The van der Waals surface area contributed by atoms with E-state index in [0.29, 0.717) is 24.1 Å². The van der Waals surface area contributed by atoms with Crippen LogP contribution in [0.4, 0.5) is 0 Å². The summed E-state index contributed by atoms with van der Waals surface area (Å²) in [5.41, 5.74) is 3.11. The molecule has 11 heteroatoms. The quantitative estimate of drug-likeness (QED) is 0.198. The van der Waals surface area contributed by atoms with E-state index in [1.165, 1.54) is 12.1 Å². The van der Waals surface area contributed by atoms with Gasteiger partial charge in [-0.25, -0.2) is 4.79 Å². The molecule has 0 bridgehead atoms. The van der Waals surface area contributed by atoms with Crippen LogP contribution in [0.15, 0.2) is 83.8 Å². The number of carboxylic acid groups (broad SMARTS) is 1. The van der Waals surface area contributed by atoms with Crippen LogP contribution in [0.2, 0.25) is 0 Å². The molecule has 0 aliphatic carbocycles. The maximum atomic E-state index is 13.4. The lowest BCUT2D eigenvalue weighted by molar-refractivity contribution is -0.815. The number of hydrogen-bond acceptors (Lipinski definition) is 8. The molecule has 0 radical (unpaired) electrons. The van der Waals surface area contributed by atoms with E-state index < -0.39 is 44.3 Å². The number of benzene rings is 3. The molecule has 0 amide bonds. The number of Topliss-reactive ketones (excluding diaryl/α,β-unsaturated/α-hetero) is 1. The van der Waals surface area contributed by atoms with E-state index in [0.717, 1.165) is 18.2 Å². The molecule has 3 aromatic rings. The van der Waals surface area contributed by atoms with Crippen LogP contribution in [0.3, 0.4) is 0 Å². The van der Waals surface area contributed by atoms with Crippen molar-refractivity contribution in [3.8, 4) is 6.07 Å². The summed E-state index contributed by atoms with van der Waals surface area (Å²) in [6.45, 7) is 2.16. The van der Waals surface area contributed by atoms with E-state index in [9.17, 15) is 23.1 Å². The number of aryl methyl sites for hydroxylation is 1. The minimum atomic E-state index is -4.35. The molecule has 214 valence electrons. The number of ketones is 1. The second-order valence-corrected chi connectivity index (χ2v) is 12.6. The van der Waals surface area contributed by atoms with Gasteiger partial charge in [-0.2, -0.15) is 24.6 Å². The number of carbonyl (C=O) groups is 2. The number of hydroxylamine groups is 2. The number of likely N-dealkylation sites (N-methyl/N-ethyl adjacent to an activating group) is 1. The molecular formula is C30H33N4O6S+. The first-order chi connectivity index (χ1) is 19.4. The van der Waals surface area contributed by atoms with Gasteiger partial charge in [-0.05, 0) is 54.3 Å². The molecule has 4 rings (SSSR count). The van der Waals surface area contributed by atoms with Gasteiger partial charge in [-0.1, -0.05) is 54.6 Å². The third-order valence-electron chi connectivity index (χ3n) is 7.31. The van der Waals surface area contributed by atoms with Gasteiger partial charge >= 0.3 is 16.0 Å². The SMILES string of the molecule is Cc1cccc(S(=O)(=O)[N+](C)(N)[C@@H](CC(=O)C[C@H]2C[C@@H](c3ccc(C#N)cc3)N(Cc3ccccc3)O2)C(=O)O)c1. The van der Waals surface area contributed by atoms with Crippen molar-refractivity contribution in [2.75, 3.05) is 7.05 Å². The highest BCUT2D eigenvalue weighted by Gasteiger charge is 2.49. The molecule has 10 nitrogen and oxygen atoms in total. The zero-order valence-corrected chi connectivity index (χ0v) is 23.7. The van der Waals surface area contributed by atoms with Gasteiger partial charge in [-0.15, -0.1) is 4.00 Å². The Kier molecular flexibility index (Phi) is 9.01. The highest BCUT2D eigenvalue weighted by Crippen LogP contribution is 2.37. The molecular weight excluding hydrogens is 544 g/mol. The van der Waals surface area contributed by atoms with E-state index >= 15 is 0 Å². The molecule has 41 heavy (non-hydrogen) atoms. The zero-order chi connectivity index (χ0) is 29.8. The summed E-state index contributed by atoms with van der Waals surface area (Å²) >= 11 is 0. The first-order valence-electron chi connectivity index (χ1n) is 13.1. The van der Waals surface area contributed by atoms with Crippen LogP contribution in [0.1, 0.15) is 47.6 Å². The van der Waals surface area contributed by atoms with Gasteiger partial charge < -0.3 is 5.11 Å². The Hall–Kier alpha value is -3.92. The van der Waals surface area contributed by atoms with Gasteiger partial charge in [0.25, 0.3) is 0 Å². The number of nitrogens with zero attached hydrogens (tertiary/aromatic N) is 3. The Balaban J connectivity index is 1.52. The highest BCUT2D eigenvalue weighted by molar-refractivity contribution is 7.86. The largest absolute Gasteiger partial charge is 0.477 e. The lowest BCUT2D eigenvalue weighted by Crippen LogP contribution is -2.64. The van der Waals surface area contributed by atoms with E-state index in [-0.39, 0.29) is 17.4 Å². The number of hydrogen-bond donors (Lipinski definition) is 2. The highest BCUT2D eigenvalue weighted by atomic mass is 32.2. The molecule has 3 aromatic carbocycles. The van der Waals surface area contributed by atoms with Crippen LogP contribution in [0.5, 0.6) is 0 Å². The smallest absolute Gasteiger partial charge is 0.366 e. The summed E-state index contributed by atoms with van der Waals surface area (Å²) in [6, 6.07) is 23.0. The Labute approximate surface area is 239 Å². The van der Waals surface area contributed by atoms with Crippen LogP contribution < -0.4 is 5.84 Å². The summed E-state index contributed by atoms with van der Waals surface area (Å²) in [4.78, 5) is 31.5. The third kappa shape index (κ3) is 6.70. The standard InChI is InChI=1S/C30H32N4O6S/c1-21-7-6-10-27(15-21)41(38,39)34(2,32)29(30(36)37)17-25(35)16-26-18-28(24-13-11-22(19-31)12-14-24)33(40-26)20-23-8-4-3-5-9-23/h3-15,26,28-29H,16-18,20,32H2,1-2H3/p+1/t26-,28-,29-,34?/m0/s1. The fraction of sp³-hybridized carbons (Fsp3) is 0.300. The van der Waals surface area contributed by atoms with Crippen LogP contribution in [0.25, 0.3) is 0 Å². The summed E-state index contributed by atoms with van der Waals surface area (Å²) in [6.07, 6.45) is -0.829. The van der Waals surface area contributed by atoms with Crippen molar-refractivity contribution in [1.29, 1.82) is 5.26 Å². The molecule has 0 spiro atoms. The molecule has 4 atom stereocenters. The number of sulfonamides is 1. The van der Waals surface area contributed by atoms with Gasteiger partial charge in [0.1, 0.15) is 17.7 Å². The number of nitriles is 1. The number of carbonyl (C=O) groups excluding carboxylic acids is 1. The zero-order valence-electron chi connectivity index (χ0n) is 22.9. The van der Waals surface area contributed by atoms with E-state index in [1.54, 1.807) is 36.3 Å². The summed E-state index contributed by atoms with van der Waals surface area (Å²) in [5, 5.41) is 20.9. The van der Waals surface area contributed by atoms with Crippen molar-refractivity contribution < 1.29 is 31.9 Å². The van der Waals surface area contributed by atoms with Crippen LogP contribution in [-0.2, 0) is 31.0 Å². The number of nitrogens with two attached hydrogens (primary N) is 1. The van der Waals surface area contributed by atoms with E-state index in [4.69, 9.17) is 15.9 Å². The maximum Gasteiger partial charge on any atom is 0.366 e. The first kappa shape index (κ1) is 30.0. The third-order valence-corrected chi connectivity index (χ3v) is 9.45. The van der Waals surface area contributed by atoms with Crippen LogP contribution in [0, 0.1) is 18.3 Å². The second-order valence-electron chi connectivity index (χ2n) is 10.4. The Bertz CT molecular complexity index is 1550. The van der Waals surface area contributed by atoms with E-state index in [1.807, 2.05) is 42.5 Å². The molecule has 1 aliphatic heterocycles. The van der Waals surface area contributed by atoms with Crippen molar-refractivity contribution in [3.63, 3.8) is 0 Å². The Morgan fingerprint density at radius 3 is 2.41 bits per heavy atom. The number of quaternary nitrogens is 1. The number of carboxylic acids is 1. The average molecular weight is 578 g/mol. The molecule has 0 saturated carbocycles. The second kappa shape index (κ2) is 12.3. The average Bonchev–Trinajstić information content (AvgIpc) is 3.33. The molecule has 1 saturated heterocycles. The lowest BCUT2D eigenvalue weighted by Gasteiger charge is -2.32. The topological polar surface area (TPSA) is 151 Å². The molecule has 1 fully saturated rings. The van der Waals surface area contributed by atoms with Crippen molar-refractivity contribution in [2.24, 2.45) is 5.84 Å². The summed E-state index contributed by atoms with van der Waals surface area (Å²) in [7, 11) is -3.27. The van der Waals surface area contributed by atoms with Crippen LogP contribution in [-0.4, -0.2) is 53.5 Å². The monoisotopic (exact) mass is 577 g/mol. The first-order valence-corrected chi connectivity index (χ1v) is 14.5. The van der Waals surface area contributed by atoms with Crippen molar-refractivity contribution in [2.45, 2.75) is 55.8 Å². The summed E-state index contributed by atoms with van der Waals surface area (Å²) in [5.74, 6) is 4.19. The normalized spacial score (nSPS) is 19.7. The Morgan fingerprint density at radius 2 is 1.80 bits per heavy atom. The lowest BCUT2D eigenvalue weighted by atomic mass is 9.97. The molecule has 1 unspecified atom stereocenters. The maximum absolute atomic E-state index is 13.4. The van der Waals surface area contributed by atoms with Gasteiger partial charge in [0.05, 0.1) is 30.2 Å². The van der Waals surface area contributed by atoms with Crippen molar-refractivity contribution in [1.82, 2.24) is 5.06 Å². The number of aliphatic carboxylic acids is 1. The fourth-order valence-electron chi connectivity index (χ4n) is 5.00. The fourth-order valence-corrected chi connectivity index (χ4v) is 6.54. The van der Waals surface area contributed by atoms with E-state index in [2.05, 4.69) is 6.07 Å². The predicted octanol–water partition coefficient (Wildman–Crippen LogP) is 3.63. The van der Waals surface area contributed by atoms with Gasteiger partial charge in [0, 0.05) is 13.0 Å². The minimum Gasteiger partial charge on any atom is -0.477 e. The molecule has 0 aromatic heterocycles. The predicted molar refractivity (Wildman–Crippen MR) is 150 cm³/mol. The minimum absolute atomic E-state index is 0.119. The molecule has 1 aliphatic rings. The van der Waals surface area contributed by atoms with Gasteiger partial charge in [0.15, 0.2) is 0 Å². The van der Waals surface area contributed by atoms with Gasteiger partial charge in [0.2, 0.25) is 6.04 Å².